The second-order valence-corrected chi connectivity index (χ2v) is 6.15. The van der Waals surface area contributed by atoms with E-state index in [1.165, 1.54) is 31.4 Å². The van der Waals surface area contributed by atoms with Crippen LogP contribution in [0, 0.1) is 13.8 Å². The van der Waals surface area contributed by atoms with Gasteiger partial charge in [0, 0.05) is 11.8 Å². The molecular weight excluding hydrogens is 384 g/mol. The van der Waals surface area contributed by atoms with E-state index in [1.807, 2.05) is 19.9 Å². The van der Waals surface area contributed by atoms with E-state index in [2.05, 4.69) is 10.1 Å². The molecule has 2 rings (SSSR count). The minimum Gasteiger partial charge on any atom is -0.493 e. The number of ether oxygens (including phenoxy) is 3. The van der Waals surface area contributed by atoms with Gasteiger partial charge in [-0.25, -0.2) is 4.79 Å². The lowest BCUT2D eigenvalue weighted by molar-refractivity contribution is -0.142. The van der Waals surface area contributed by atoms with Crippen molar-refractivity contribution >= 4 is 23.6 Å². The van der Waals surface area contributed by atoms with Gasteiger partial charge in [-0.3, -0.25) is 4.79 Å². The fourth-order valence-corrected chi connectivity index (χ4v) is 2.57. The normalized spacial score (nSPS) is 10.8. The number of aryl methyl sites for hydroxylation is 2. The third-order valence-corrected chi connectivity index (χ3v) is 3.67. The first-order valence-corrected chi connectivity index (χ1v) is 8.62. The Hall–Kier alpha value is -3.42. The molecule has 6 nitrogen and oxygen atoms in total. The van der Waals surface area contributed by atoms with Crippen LogP contribution < -0.4 is 14.8 Å². The zero-order valence-electron chi connectivity index (χ0n) is 16.2. The summed E-state index contributed by atoms with van der Waals surface area (Å²) in [5.74, 6) is -1.22. The Morgan fingerprint density at radius 3 is 2.38 bits per heavy atom. The molecule has 0 fully saturated rings. The third kappa shape index (κ3) is 7.25. The minimum absolute atomic E-state index is 0.0913. The van der Waals surface area contributed by atoms with Gasteiger partial charge in [0.05, 0.1) is 7.11 Å². The maximum Gasteiger partial charge on any atom is 0.387 e. The standard InChI is InChI=1S/C21H21F2NO5/c1-13-8-14(2)10-16(9-13)24-19(25)12-28-20(26)7-5-15-4-6-17(29-21(22)23)18(11-15)27-3/h4-11,21H,12H2,1-3H3,(H,24,25)/b7-5+. The molecule has 0 saturated carbocycles. The summed E-state index contributed by atoms with van der Waals surface area (Å²) >= 11 is 0. The van der Waals surface area contributed by atoms with Crippen LogP contribution in [0.15, 0.2) is 42.5 Å². The number of alkyl halides is 2. The van der Waals surface area contributed by atoms with Crippen LogP contribution in [0.3, 0.4) is 0 Å². The van der Waals surface area contributed by atoms with E-state index in [1.54, 1.807) is 12.1 Å². The van der Waals surface area contributed by atoms with Crippen molar-refractivity contribution in [3.63, 3.8) is 0 Å². The molecule has 0 aliphatic heterocycles. The van der Waals surface area contributed by atoms with E-state index in [0.29, 0.717) is 11.3 Å². The molecule has 29 heavy (non-hydrogen) atoms. The number of benzene rings is 2. The molecule has 2 aromatic carbocycles. The summed E-state index contributed by atoms with van der Waals surface area (Å²) in [6, 6.07) is 9.78. The molecule has 0 aromatic heterocycles. The van der Waals surface area contributed by atoms with Crippen LogP contribution in [0.5, 0.6) is 11.5 Å². The number of nitrogens with one attached hydrogen (secondary N) is 1. The van der Waals surface area contributed by atoms with Crippen molar-refractivity contribution < 1.29 is 32.6 Å². The summed E-state index contributed by atoms with van der Waals surface area (Å²) in [6.07, 6.45) is 2.52. The highest BCUT2D eigenvalue weighted by Crippen LogP contribution is 2.29. The molecule has 8 heteroatoms. The van der Waals surface area contributed by atoms with Crippen molar-refractivity contribution in [2.45, 2.75) is 20.5 Å². The Balaban J connectivity index is 1.89. The van der Waals surface area contributed by atoms with Crippen LogP contribution in [0.2, 0.25) is 0 Å². The number of hydrogen-bond acceptors (Lipinski definition) is 5. The van der Waals surface area contributed by atoms with Crippen molar-refractivity contribution in [2.75, 3.05) is 19.0 Å². The highest BCUT2D eigenvalue weighted by Gasteiger charge is 2.11. The van der Waals surface area contributed by atoms with Crippen LogP contribution in [-0.4, -0.2) is 32.2 Å². The number of carbonyl (C=O) groups is 2. The van der Waals surface area contributed by atoms with Gasteiger partial charge in [0.2, 0.25) is 0 Å². The molecule has 2 aromatic rings. The van der Waals surface area contributed by atoms with Crippen LogP contribution in [0.4, 0.5) is 14.5 Å². The smallest absolute Gasteiger partial charge is 0.387 e. The second-order valence-electron chi connectivity index (χ2n) is 6.15. The third-order valence-electron chi connectivity index (χ3n) is 3.67. The van der Waals surface area contributed by atoms with Crippen molar-refractivity contribution in [2.24, 2.45) is 0 Å². The van der Waals surface area contributed by atoms with E-state index >= 15 is 0 Å². The van der Waals surface area contributed by atoms with Gasteiger partial charge < -0.3 is 19.5 Å². The first-order chi connectivity index (χ1) is 13.8. The van der Waals surface area contributed by atoms with E-state index in [0.717, 1.165) is 17.2 Å². The molecule has 0 spiro atoms. The van der Waals surface area contributed by atoms with E-state index in [9.17, 15) is 18.4 Å². The molecule has 1 amide bonds. The van der Waals surface area contributed by atoms with E-state index in [4.69, 9.17) is 9.47 Å². The number of anilines is 1. The summed E-state index contributed by atoms with van der Waals surface area (Å²) < 4.78 is 38.9. The molecule has 0 aliphatic rings. The predicted molar refractivity (Wildman–Crippen MR) is 104 cm³/mol. The zero-order chi connectivity index (χ0) is 21.4. The first-order valence-electron chi connectivity index (χ1n) is 8.62. The molecule has 1 N–H and O–H groups in total. The average molecular weight is 405 g/mol. The maximum atomic E-state index is 12.3. The van der Waals surface area contributed by atoms with Crippen molar-refractivity contribution in [1.29, 1.82) is 0 Å². The Morgan fingerprint density at radius 1 is 1.07 bits per heavy atom. The Bertz CT molecular complexity index is 892. The largest absolute Gasteiger partial charge is 0.493 e. The van der Waals surface area contributed by atoms with E-state index in [-0.39, 0.29) is 11.5 Å². The Labute approximate surface area is 167 Å². The number of methoxy groups -OCH3 is 1. The van der Waals surface area contributed by atoms with Crippen molar-refractivity contribution in [3.8, 4) is 11.5 Å². The number of hydrogen-bond donors (Lipinski definition) is 1. The number of esters is 1. The lowest BCUT2D eigenvalue weighted by Crippen LogP contribution is -2.20. The van der Waals surface area contributed by atoms with Crippen LogP contribution >= 0.6 is 0 Å². The van der Waals surface area contributed by atoms with Crippen LogP contribution in [0.1, 0.15) is 16.7 Å². The fourth-order valence-electron chi connectivity index (χ4n) is 2.57. The quantitative estimate of drug-likeness (QED) is 0.529. The topological polar surface area (TPSA) is 73.9 Å². The number of carbonyl (C=O) groups excluding carboxylic acids is 2. The average Bonchev–Trinajstić information content (AvgIpc) is 2.64. The van der Waals surface area contributed by atoms with Crippen LogP contribution in [0.25, 0.3) is 6.08 Å². The monoisotopic (exact) mass is 405 g/mol. The molecule has 0 saturated heterocycles. The molecule has 154 valence electrons. The van der Waals surface area contributed by atoms with Gasteiger partial charge in [-0.2, -0.15) is 8.78 Å². The van der Waals surface area contributed by atoms with Gasteiger partial charge in [-0.05, 0) is 60.9 Å². The summed E-state index contributed by atoms with van der Waals surface area (Å²) in [5, 5.41) is 2.66. The summed E-state index contributed by atoms with van der Waals surface area (Å²) in [7, 11) is 1.31. The number of amides is 1. The maximum absolute atomic E-state index is 12.3. The lowest BCUT2D eigenvalue weighted by atomic mass is 10.1. The highest BCUT2D eigenvalue weighted by atomic mass is 19.3. The van der Waals surface area contributed by atoms with Gasteiger partial charge in [0.1, 0.15) is 0 Å². The lowest BCUT2D eigenvalue weighted by Gasteiger charge is -2.10. The SMILES string of the molecule is COc1cc(/C=C/C(=O)OCC(=O)Nc2cc(C)cc(C)c2)ccc1OC(F)F. The molecule has 0 atom stereocenters. The Kier molecular flexibility index (Phi) is 7.70. The molecule has 0 radical (unpaired) electrons. The summed E-state index contributed by atoms with van der Waals surface area (Å²) in [6.45, 7) is 0.402. The van der Waals surface area contributed by atoms with Crippen molar-refractivity contribution in [3.05, 3.63) is 59.2 Å². The fraction of sp³-hybridized carbons (Fsp3) is 0.238. The molecule has 0 aliphatic carbocycles. The second kappa shape index (κ2) is 10.2. The highest BCUT2D eigenvalue weighted by molar-refractivity contribution is 5.94. The predicted octanol–water partition coefficient (Wildman–Crippen LogP) is 4.11. The van der Waals surface area contributed by atoms with Crippen LogP contribution in [-0.2, 0) is 14.3 Å². The van der Waals surface area contributed by atoms with Gasteiger partial charge in [-0.1, -0.05) is 12.1 Å². The summed E-state index contributed by atoms with van der Waals surface area (Å²) in [5.41, 5.74) is 3.12. The van der Waals surface area contributed by atoms with Gasteiger partial charge >= 0.3 is 12.6 Å². The van der Waals surface area contributed by atoms with Gasteiger partial charge in [-0.15, -0.1) is 0 Å². The first kappa shape index (κ1) is 21.9. The molecular formula is C21H21F2NO5. The minimum atomic E-state index is -2.98. The molecule has 0 unspecified atom stereocenters. The van der Waals surface area contributed by atoms with Crippen molar-refractivity contribution in [1.82, 2.24) is 0 Å². The number of halogens is 2. The Morgan fingerprint density at radius 2 is 1.76 bits per heavy atom. The molecule has 0 bridgehead atoms. The van der Waals surface area contributed by atoms with E-state index < -0.39 is 25.1 Å². The van der Waals surface area contributed by atoms with Gasteiger partial charge in [0.25, 0.3) is 5.91 Å². The zero-order valence-corrected chi connectivity index (χ0v) is 16.2. The van der Waals surface area contributed by atoms with Gasteiger partial charge in [0.15, 0.2) is 18.1 Å². The number of rotatable bonds is 8. The molecule has 0 heterocycles. The summed E-state index contributed by atoms with van der Waals surface area (Å²) in [4.78, 5) is 23.7.